The summed E-state index contributed by atoms with van der Waals surface area (Å²) in [4.78, 5) is 14.1. The van der Waals surface area contributed by atoms with Crippen molar-refractivity contribution in [3.8, 4) is 0 Å². The highest BCUT2D eigenvalue weighted by Crippen LogP contribution is 2.19. The first-order chi connectivity index (χ1) is 7.69. The number of nitrogens with zero attached hydrogens (tertiary/aromatic N) is 1. The molecule has 16 heavy (non-hydrogen) atoms. The predicted octanol–water partition coefficient (Wildman–Crippen LogP) is 0.869. The van der Waals surface area contributed by atoms with Crippen molar-refractivity contribution in [3.63, 3.8) is 0 Å². The van der Waals surface area contributed by atoms with Gasteiger partial charge >= 0.3 is 0 Å². The first-order valence-corrected chi connectivity index (χ1v) is 6.12. The molecule has 1 heterocycles. The van der Waals surface area contributed by atoms with Crippen LogP contribution < -0.4 is 5.32 Å². The second kappa shape index (κ2) is 6.86. The Bertz CT molecular complexity index is 221. The molecule has 1 N–H and O–H groups in total. The largest absolute Gasteiger partial charge is 0.384 e. The number of nitrogens with one attached hydrogen (secondary N) is 1. The summed E-state index contributed by atoms with van der Waals surface area (Å²) in [6.45, 7) is 4.55. The molecular weight excluding hydrogens is 204 g/mol. The van der Waals surface area contributed by atoms with E-state index in [1.165, 1.54) is 0 Å². The van der Waals surface area contributed by atoms with Crippen molar-refractivity contribution >= 4 is 5.91 Å². The van der Waals surface area contributed by atoms with Gasteiger partial charge in [0, 0.05) is 39.3 Å². The highest BCUT2D eigenvalue weighted by atomic mass is 16.5. The summed E-state index contributed by atoms with van der Waals surface area (Å²) in [5.41, 5.74) is 0. The first kappa shape index (κ1) is 13.5. The minimum Gasteiger partial charge on any atom is -0.384 e. The van der Waals surface area contributed by atoms with Gasteiger partial charge in [0.1, 0.15) is 0 Å². The zero-order chi connectivity index (χ0) is 12.0. The van der Waals surface area contributed by atoms with Crippen LogP contribution in [0.15, 0.2) is 0 Å². The smallest absolute Gasteiger partial charge is 0.223 e. The molecular formula is C12H24N2O2. The number of carbonyl (C=O) groups excluding carboxylic acids is 1. The van der Waals surface area contributed by atoms with E-state index in [1.54, 1.807) is 7.11 Å². The summed E-state index contributed by atoms with van der Waals surface area (Å²) >= 11 is 0. The maximum absolute atomic E-state index is 12.1. The van der Waals surface area contributed by atoms with Crippen LogP contribution in [0.1, 0.15) is 26.2 Å². The summed E-state index contributed by atoms with van der Waals surface area (Å²) in [6.07, 6.45) is 2.87. The number of likely N-dealkylation sites (tertiary alicyclic amines) is 1. The van der Waals surface area contributed by atoms with Crippen LogP contribution in [0.25, 0.3) is 0 Å². The van der Waals surface area contributed by atoms with Crippen LogP contribution in [0.3, 0.4) is 0 Å². The fraction of sp³-hybridized carbons (Fsp3) is 0.917. The van der Waals surface area contributed by atoms with Gasteiger partial charge in [-0.25, -0.2) is 0 Å². The summed E-state index contributed by atoms with van der Waals surface area (Å²) in [6, 6.07) is 0.396. The zero-order valence-electron chi connectivity index (χ0n) is 10.7. The van der Waals surface area contributed by atoms with Crippen molar-refractivity contribution in [1.82, 2.24) is 10.2 Å². The lowest BCUT2D eigenvalue weighted by Crippen LogP contribution is -2.41. The molecule has 0 radical (unpaired) electrons. The molecule has 0 spiro atoms. The number of methoxy groups -OCH3 is 1. The minimum atomic E-state index is 0.280. The standard InChI is InChI=1S/C12H24N2O2/c1-10(9-16-3)7-12(15)14-6-4-5-11(14)8-13-2/h10-11,13H,4-9H2,1-3H3. The number of amides is 1. The molecule has 0 bridgehead atoms. The van der Waals surface area contributed by atoms with E-state index < -0.39 is 0 Å². The third-order valence-corrected chi connectivity index (χ3v) is 3.11. The maximum atomic E-state index is 12.1. The van der Waals surface area contributed by atoms with Gasteiger partial charge in [0.05, 0.1) is 0 Å². The Balaban J connectivity index is 2.40. The Morgan fingerprint density at radius 1 is 1.62 bits per heavy atom. The number of hydrogen-bond acceptors (Lipinski definition) is 3. The van der Waals surface area contributed by atoms with Gasteiger partial charge in [0.2, 0.25) is 5.91 Å². The highest BCUT2D eigenvalue weighted by molar-refractivity contribution is 5.77. The third-order valence-electron chi connectivity index (χ3n) is 3.11. The molecule has 1 amide bonds. The monoisotopic (exact) mass is 228 g/mol. The van der Waals surface area contributed by atoms with Gasteiger partial charge in [-0.05, 0) is 25.8 Å². The van der Waals surface area contributed by atoms with Crippen molar-refractivity contribution in [2.75, 3.05) is 33.9 Å². The second-order valence-electron chi connectivity index (χ2n) is 4.71. The van der Waals surface area contributed by atoms with Crippen molar-refractivity contribution in [3.05, 3.63) is 0 Å². The topological polar surface area (TPSA) is 41.6 Å². The van der Waals surface area contributed by atoms with E-state index in [2.05, 4.69) is 12.2 Å². The summed E-state index contributed by atoms with van der Waals surface area (Å²) < 4.78 is 5.06. The minimum absolute atomic E-state index is 0.280. The SMILES string of the molecule is CNCC1CCCN1C(=O)CC(C)COC. The molecule has 1 fully saturated rings. The quantitative estimate of drug-likeness (QED) is 0.733. The molecule has 1 aliphatic rings. The molecule has 0 aromatic rings. The van der Waals surface area contributed by atoms with Crippen LogP contribution >= 0.6 is 0 Å². The molecule has 0 aromatic carbocycles. The van der Waals surface area contributed by atoms with E-state index in [0.29, 0.717) is 25.0 Å². The third kappa shape index (κ3) is 3.76. The highest BCUT2D eigenvalue weighted by Gasteiger charge is 2.28. The van der Waals surface area contributed by atoms with E-state index >= 15 is 0 Å². The lowest BCUT2D eigenvalue weighted by Gasteiger charge is -2.25. The van der Waals surface area contributed by atoms with Crippen molar-refractivity contribution in [2.45, 2.75) is 32.2 Å². The first-order valence-electron chi connectivity index (χ1n) is 6.12. The molecule has 0 saturated carbocycles. The molecule has 4 nitrogen and oxygen atoms in total. The summed E-state index contributed by atoms with van der Waals surface area (Å²) in [5, 5.41) is 3.15. The van der Waals surface area contributed by atoms with Gasteiger partial charge in [0.15, 0.2) is 0 Å². The Labute approximate surface area is 98.3 Å². The average molecular weight is 228 g/mol. The van der Waals surface area contributed by atoms with E-state index in [-0.39, 0.29) is 5.91 Å². The molecule has 2 atom stereocenters. The molecule has 1 rings (SSSR count). The van der Waals surface area contributed by atoms with Crippen molar-refractivity contribution in [1.29, 1.82) is 0 Å². The van der Waals surface area contributed by atoms with Gasteiger partial charge < -0.3 is 15.0 Å². The predicted molar refractivity (Wildman–Crippen MR) is 64.3 cm³/mol. The molecule has 1 saturated heterocycles. The van der Waals surface area contributed by atoms with Crippen LogP contribution in [-0.2, 0) is 9.53 Å². The molecule has 1 aliphatic heterocycles. The maximum Gasteiger partial charge on any atom is 0.223 e. The Kier molecular flexibility index (Phi) is 5.77. The lowest BCUT2D eigenvalue weighted by atomic mass is 10.1. The molecule has 2 unspecified atom stereocenters. The molecule has 0 aromatic heterocycles. The Morgan fingerprint density at radius 2 is 2.38 bits per heavy atom. The van der Waals surface area contributed by atoms with Gasteiger partial charge in [-0.3, -0.25) is 4.79 Å². The molecule has 4 heteroatoms. The van der Waals surface area contributed by atoms with E-state index in [1.807, 2.05) is 11.9 Å². The number of ether oxygens (including phenoxy) is 1. The molecule has 94 valence electrons. The Morgan fingerprint density at radius 3 is 3.00 bits per heavy atom. The van der Waals surface area contributed by atoms with Crippen molar-refractivity contribution < 1.29 is 9.53 Å². The fourth-order valence-corrected chi connectivity index (χ4v) is 2.37. The number of rotatable bonds is 6. The van der Waals surface area contributed by atoms with Gasteiger partial charge in [-0.15, -0.1) is 0 Å². The normalized spacial score (nSPS) is 22.4. The number of likely N-dealkylation sites (N-methyl/N-ethyl adjacent to an activating group) is 1. The number of carbonyl (C=O) groups is 1. The average Bonchev–Trinajstić information content (AvgIpc) is 2.66. The van der Waals surface area contributed by atoms with E-state index in [9.17, 15) is 4.79 Å². The summed E-state index contributed by atoms with van der Waals surface area (Å²) in [5.74, 6) is 0.593. The second-order valence-corrected chi connectivity index (χ2v) is 4.71. The van der Waals surface area contributed by atoms with Crippen LogP contribution in [0, 0.1) is 5.92 Å². The molecule has 0 aliphatic carbocycles. The van der Waals surface area contributed by atoms with Gasteiger partial charge in [-0.2, -0.15) is 0 Å². The van der Waals surface area contributed by atoms with Crippen LogP contribution in [0.2, 0.25) is 0 Å². The van der Waals surface area contributed by atoms with Crippen LogP contribution in [0.5, 0.6) is 0 Å². The Hall–Kier alpha value is -0.610. The van der Waals surface area contributed by atoms with E-state index in [4.69, 9.17) is 4.74 Å². The van der Waals surface area contributed by atoms with Crippen molar-refractivity contribution in [2.24, 2.45) is 5.92 Å². The lowest BCUT2D eigenvalue weighted by molar-refractivity contribution is -0.133. The fourth-order valence-electron chi connectivity index (χ4n) is 2.37. The van der Waals surface area contributed by atoms with E-state index in [0.717, 1.165) is 25.9 Å². The number of hydrogen-bond donors (Lipinski definition) is 1. The van der Waals surface area contributed by atoms with Crippen LogP contribution in [-0.4, -0.2) is 50.7 Å². The van der Waals surface area contributed by atoms with Gasteiger partial charge in [-0.1, -0.05) is 6.92 Å². The van der Waals surface area contributed by atoms with Gasteiger partial charge in [0.25, 0.3) is 0 Å². The summed E-state index contributed by atoms with van der Waals surface area (Å²) in [7, 11) is 3.62. The van der Waals surface area contributed by atoms with Crippen LogP contribution in [0.4, 0.5) is 0 Å². The zero-order valence-corrected chi connectivity index (χ0v) is 10.7.